The van der Waals surface area contributed by atoms with E-state index in [1.165, 1.54) is 0 Å². The second-order valence-electron chi connectivity index (χ2n) is 12.8. The molecule has 5 heterocycles. The molecule has 9 heteroatoms. The zero-order valence-electron chi connectivity index (χ0n) is 27.9. The van der Waals surface area contributed by atoms with Crippen LogP contribution in [-0.4, -0.2) is 20.2 Å². The van der Waals surface area contributed by atoms with Crippen LogP contribution in [0.25, 0.3) is 64.3 Å². The summed E-state index contributed by atoms with van der Waals surface area (Å²) < 4.78 is 13.3. The minimum atomic E-state index is 0.474. The molecular weight excluding hydrogens is 677 g/mol. The van der Waals surface area contributed by atoms with E-state index >= 15 is 0 Å². The van der Waals surface area contributed by atoms with E-state index < -0.39 is 0 Å². The fourth-order valence-corrected chi connectivity index (χ4v) is 8.21. The van der Waals surface area contributed by atoms with Gasteiger partial charge in [-0.25, -0.2) is 4.98 Å². The normalized spacial score (nSPS) is 11.8. The molecule has 11 aromatic rings. The number of rotatable bonds is 6. The van der Waals surface area contributed by atoms with Crippen molar-refractivity contribution < 1.29 is 8.83 Å². The highest BCUT2D eigenvalue weighted by molar-refractivity contribution is 7.25. The van der Waals surface area contributed by atoms with E-state index in [0.29, 0.717) is 5.95 Å². The zero-order chi connectivity index (χ0) is 34.9. The summed E-state index contributed by atoms with van der Waals surface area (Å²) in [6, 6.07) is 51.2. The number of anilines is 6. The van der Waals surface area contributed by atoms with E-state index in [2.05, 4.69) is 53.4 Å². The van der Waals surface area contributed by atoms with Crippen LogP contribution in [0.5, 0.6) is 0 Å². The first-order valence-corrected chi connectivity index (χ1v) is 18.0. The monoisotopic (exact) mass is 702 g/mol. The Balaban J connectivity index is 1.04. The van der Waals surface area contributed by atoms with Gasteiger partial charge in [0.15, 0.2) is 0 Å². The summed E-state index contributed by atoms with van der Waals surface area (Å²) in [6.07, 6.45) is 1.88. The van der Waals surface area contributed by atoms with Gasteiger partial charge in [0.2, 0.25) is 0 Å². The molecule has 0 saturated carbocycles. The van der Waals surface area contributed by atoms with Crippen molar-refractivity contribution in [3.63, 3.8) is 0 Å². The first-order chi connectivity index (χ1) is 26.2. The maximum atomic E-state index is 6.14. The summed E-state index contributed by atoms with van der Waals surface area (Å²) >= 11 is 1.58. The zero-order valence-corrected chi connectivity index (χ0v) is 28.7. The van der Waals surface area contributed by atoms with Crippen molar-refractivity contribution in [3.8, 4) is 0 Å². The standard InChI is InChI=1S/C44H26N6O2S/c1-3-11-27(12-4-1)49(29-19-21-38-33(23-29)31-15-7-9-17-36(31)51-38)41-25-40-35(26-45-41)42-43(53-40)46-44(48-47-42)50(28-13-5-2-6-14-28)30-20-22-39-34(24-30)32-16-8-10-18-37(32)52-39/h1-26H. The maximum Gasteiger partial charge on any atom is 0.255 e. The van der Waals surface area contributed by atoms with Gasteiger partial charge >= 0.3 is 0 Å². The van der Waals surface area contributed by atoms with Crippen molar-refractivity contribution in [1.29, 1.82) is 0 Å². The van der Waals surface area contributed by atoms with Gasteiger partial charge < -0.3 is 8.83 Å². The van der Waals surface area contributed by atoms with Gasteiger partial charge in [-0.1, -0.05) is 72.8 Å². The SMILES string of the molecule is c1ccc(N(c2ccc3oc4ccccc4c3c2)c2cc3sc4nc(N(c5ccccc5)c5ccc6oc7ccccc7c6c5)nnc4c3cn2)cc1. The average molecular weight is 703 g/mol. The van der Waals surface area contributed by atoms with Crippen molar-refractivity contribution in [2.45, 2.75) is 0 Å². The summed E-state index contributed by atoms with van der Waals surface area (Å²) in [5, 5.41) is 14.6. The fraction of sp³-hybridized carbons (Fsp3) is 0. The fourth-order valence-electron chi connectivity index (χ4n) is 7.21. The van der Waals surface area contributed by atoms with Crippen LogP contribution in [0.2, 0.25) is 0 Å². The summed E-state index contributed by atoms with van der Waals surface area (Å²) in [5.41, 5.74) is 7.91. The van der Waals surface area contributed by atoms with Gasteiger partial charge in [-0.15, -0.1) is 21.5 Å². The van der Waals surface area contributed by atoms with Crippen LogP contribution < -0.4 is 9.80 Å². The lowest BCUT2D eigenvalue weighted by Crippen LogP contribution is -2.13. The Hall–Kier alpha value is -7.10. The molecule has 0 atom stereocenters. The van der Waals surface area contributed by atoms with Gasteiger partial charge in [-0.05, 0) is 78.9 Å². The Morgan fingerprint density at radius 3 is 1.64 bits per heavy atom. The third kappa shape index (κ3) is 4.82. The lowest BCUT2D eigenvalue weighted by molar-refractivity contribution is 0.668. The minimum Gasteiger partial charge on any atom is -0.456 e. The number of furan rings is 2. The van der Waals surface area contributed by atoms with Gasteiger partial charge in [0.1, 0.15) is 38.5 Å². The van der Waals surface area contributed by atoms with E-state index in [0.717, 1.165) is 92.9 Å². The summed E-state index contributed by atoms with van der Waals surface area (Å²) in [4.78, 5) is 15.1. The van der Waals surface area contributed by atoms with Gasteiger partial charge in [0.05, 0.1) is 5.69 Å². The summed E-state index contributed by atoms with van der Waals surface area (Å²) in [5.74, 6) is 1.25. The number of fused-ring (bicyclic) bond motifs is 9. The van der Waals surface area contributed by atoms with E-state index in [1.54, 1.807) is 11.3 Å². The van der Waals surface area contributed by atoms with Crippen LogP contribution in [0.3, 0.4) is 0 Å². The smallest absolute Gasteiger partial charge is 0.255 e. The summed E-state index contributed by atoms with van der Waals surface area (Å²) in [6.45, 7) is 0. The lowest BCUT2D eigenvalue weighted by Gasteiger charge is -2.24. The molecule has 11 rings (SSSR count). The third-order valence-electron chi connectivity index (χ3n) is 9.65. The molecule has 0 bridgehead atoms. The molecule has 0 amide bonds. The quantitative estimate of drug-likeness (QED) is 0.169. The molecule has 0 aliphatic heterocycles. The van der Waals surface area contributed by atoms with E-state index in [9.17, 15) is 0 Å². The summed E-state index contributed by atoms with van der Waals surface area (Å²) in [7, 11) is 0. The van der Waals surface area contributed by atoms with Crippen molar-refractivity contribution in [1.82, 2.24) is 20.2 Å². The highest BCUT2D eigenvalue weighted by Gasteiger charge is 2.22. The first kappa shape index (κ1) is 29.6. The molecule has 53 heavy (non-hydrogen) atoms. The van der Waals surface area contributed by atoms with Crippen LogP contribution in [0.4, 0.5) is 34.5 Å². The molecule has 0 spiro atoms. The number of thiophene rings is 1. The Kier molecular flexibility index (Phi) is 6.55. The average Bonchev–Trinajstić information content (AvgIpc) is 3.89. The maximum absolute atomic E-state index is 6.14. The van der Waals surface area contributed by atoms with E-state index in [1.807, 2.05) is 114 Å². The highest BCUT2D eigenvalue weighted by Crippen LogP contribution is 2.42. The molecule has 250 valence electrons. The number of hydrogen-bond acceptors (Lipinski definition) is 9. The van der Waals surface area contributed by atoms with E-state index in [4.69, 9.17) is 29.0 Å². The number of pyridine rings is 1. The van der Waals surface area contributed by atoms with Crippen LogP contribution in [-0.2, 0) is 0 Å². The molecule has 0 aliphatic rings. The molecule has 0 saturated heterocycles. The third-order valence-corrected chi connectivity index (χ3v) is 10.7. The minimum absolute atomic E-state index is 0.474. The number of aromatic nitrogens is 4. The largest absolute Gasteiger partial charge is 0.456 e. The van der Waals surface area contributed by atoms with Crippen molar-refractivity contribution in [3.05, 3.63) is 158 Å². The predicted octanol–water partition coefficient (Wildman–Crippen LogP) is 12.4. The molecule has 8 nitrogen and oxygen atoms in total. The highest BCUT2D eigenvalue weighted by atomic mass is 32.1. The van der Waals surface area contributed by atoms with Crippen LogP contribution in [0, 0.1) is 0 Å². The van der Waals surface area contributed by atoms with Gasteiger partial charge in [-0.3, -0.25) is 9.80 Å². The molecule has 0 unspecified atom stereocenters. The number of para-hydroxylation sites is 4. The van der Waals surface area contributed by atoms with Crippen molar-refractivity contribution in [2.24, 2.45) is 0 Å². The molecular formula is C44H26N6O2S. The second-order valence-corrected chi connectivity index (χ2v) is 13.8. The Bertz CT molecular complexity index is 2940. The molecule has 0 radical (unpaired) electrons. The van der Waals surface area contributed by atoms with Crippen LogP contribution in [0.1, 0.15) is 0 Å². The Morgan fingerprint density at radius 1 is 0.453 bits per heavy atom. The molecule has 5 aromatic heterocycles. The lowest BCUT2D eigenvalue weighted by atomic mass is 10.1. The topological polar surface area (TPSA) is 84.3 Å². The van der Waals surface area contributed by atoms with Gasteiger partial charge in [-0.2, -0.15) is 4.98 Å². The molecule has 6 aromatic carbocycles. The molecule has 0 aliphatic carbocycles. The van der Waals surface area contributed by atoms with Crippen LogP contribution >= 0.6 is 11.3 Å². The first-order valence-electron chi connectivity index (χ1n) is 17.2. The van der Waals surface area contributed by atoms with Gasteiger partial charge in [0, 0.05) is 54.9 Å². The van der Waals surface area contributed by atoms with Gasteiger partial charge in [0.25, 0.3) is 5.95 Å². The van der Waals surface area contributed by atoms with Crippen molar-refractivity contribution in [2.75, 3.05) is 9.80 Å². The molecule has 0 fully saturated rings. The Labute approximate surface area is 305 Å². The molecule has 0 N–H and O–H groups in total. The number of hydrogen-bond donors (Lipinski definition) is 0. The van der Waals surface area contributed by atoms with E-state index in [-0.39, 0.29) is 0 Å². The number of benzene rings is 6. The predicted molar refractivity (Wildman–Crippen MR) is 214 cm³/mol. The number of nitrogens with zero attached hydrogens (tertiary/aromatic N) is 6. The second kappa shape index (κ2) is 11.7. The Morgan fingerprint density at radius 2 is 1.00 bits per heavy atom. The van der Waals surface area contributed by atoms with Crippen molar-refractivity contribution >= 4 is 110 Å². The van der Waals surface area contributed by atoms with Crippen LogP contribution in [0.15, 0.2) is 167 Å².